The lowest BCUT2D eigenvalue weighted by atomic mass is 10.3. The van der Waals surface area contributed by atoms with Crippen LogP contribution in [0, 0.1) is 0 Å². The number of allylic oxidation sites excluding steroid dienone is 2. The van der Waals surface area contributed by atoms with Crippen molar-refractivity contribution >= 4 is 32.7 Å². The molecule has 3 rings (SSSR count). The van der Waals surface area contributed by atoms with E-state index in [9.17, 15) is 13.2 Å². The SMILES string of the molecule is CC(C)=CCn1c(=O)n2c3c(cc(Cl)cc31)S(=O)(=O)NC(C)C2. The van der Waals surface area contributed by atoms with Crippen LogP contribution in [0.15, 0.2) is 33.5 Å². The largest absolute Gasteiger partial charge is 0.329 e. The van der Waals surface area contributed by atoms with E-state index in [2.05, 4.69) is 4.72 Å². The molecular formula is C15H18ClN3O3S. The summed E-state index contributed by atoms with van der Waals surface area (Å²) in [7, 11) is -3.71. The maximum absolute atomic E-state index is 12.8. The van der Waals surface area contributed by atoms with Crippen LogP contribution in [0.4, 0.5) is 0 Å². The molecule has 2 heterocycles. The van der Waals surface area contributed by atoms with Gasteiger partial charge in [-0.25, -0.2) is 17.9 Å². The van der Waals surface area contributed by atoms with Gasteiger partial charge in [-0.15, -0.1) is 0 Å². The zero-order valence-electron chi connectivity index (χ0n) is 13.1. The van der Waals surface area contributed by atoms with Crippen molar-refractivity contribution < 1.29 is 8.42 Å². The highest BCUT2D eigenvalue weighted by Gasteiger charge is 2.30. The molecule has 0 aliphatic carbocycles. The Kier molecular flexibility index (Phi) is 3.90. The number of halogens is 1. The summed E-state index contributed by atoms with van der Waals surface area (Å²) in [5.41, 5.74) is 1.80. The summed E-state index contributed by atoms with van der Waals surface area (Å²) >= 11 is 6.11. The van der Waals surface area contributed by atoms with E-state index in [1.165, 1.54) is 10.6 Å². The second-order valence-corrected chi connectivity index (χ2v) is 8.20. The van der Waals surface area contributed by atoms with E-state index in [0.29, 0.717) is 17.6 Å². The van der Waals surface area contributed by atoms with Crippen molar-refractivity contribution in [3.63, 3.8) is 0 Å². The minimum atomic E-state index is -3.71. The van der Waals surface area contributed by atoms with Gasteiger partial charge in [-0.2, -0.15) is 0 Å². The number of aromatic nitrogens is 2. The third kappa shape index (κ3) is 2.73. The number of sulfonamides is 1. The van der Waals surface area contributed by atoms with Crippen LogP contribution in [0.25, 0.3) is 11.0 Å². The molecule has 1 aromatic heterocycles. The molecule has 0 amide bonds. The number of nitrogens with one attached hydrogen (secondary N) is 1. The van der Waals surface area contributed by atoms with Crippen LogP contribution in [0.5, 0.6) is 0 Å². The molecule has 0 bridgehead atoms. The summed E-state index contributed by atoms with van der Waals surface area (Å²) in [5.74, 6) is 0. The van der Waals surface area contributed by atoms with Gasteiger partial charge in [0, 0.05) is 24.2 Å². The van der Waals surface area contributed by atoms with E-state index in [4.69, 9.17) is 11.6 Å². The maximum atomic E-state index is 12.8. The fourth-order valence-electron chi connectivity index (χ4n) is 2.85. The Morgan fingerprint density at radius 1 is 1.43 bits per heavy atom. The number of hydrogen-bond donors (Lipinski definition) is 1. The Bertz CT molecular complexity index is 982. The Balaban J connectivity index is 2.43. The number of benzene rings is 1. The van der Waals surface area contributed by atoms with Crippen LogP contribution in [0.3, 0.4) is 0 Å². The number of nitrogens with zero attached hydrogens (tertiary/aromatic N) is 2. The van der Waals surface area contributed by atoms with Gasteiger partial charge >= 0.3 is 5.69 Å². The summed E-state index contributed by atoms with van der Waals surface area (Å²) in [6.45, 7) is 6.29. The van der Waals surface area contributed by atoms with Crippen molar-refractivity contribution in [3.05, 3.63) is 39.3 Å². The molecule has 124 valence electrons. The van der Waals surface area contributed by atoms with Crippen molar-refractivity contribution in [2.24, 2.45) is 0 Å². The molecule has 8 heteroatoms. The zero-order chi connectivity index (χ0) is 16.9. The molecule has 1 aromatic carbocycles. The van der Waals surface area contributed by atoms with E-state index in [-0.39, 0.29) is 28.2 Å². The lowest BCUT2D eigenvalue weighted by molar-refractivity contribution is 0.524. The molecule has 1 unspecified atom stereocenters. The Morgan fingerprint density at radius 3 is 2.78 bits per heavy atom. The second-order valence-electron chi connectivity index (χ2n) is 6.08. The molecule has 23 heavy (non-hydrogen) atoms. The van der Waals surface area contributed by atoms with Crippen molar-refractivity contribution in [1.29, 1.82) is 0 Å². The van der Waals surface area contributed by atoms with E-state index in [1.54, 1.807) is 17.6 Å². The van der Waals surface area contributed by atoms with Crippen LogP contribution in [-0.4, -0.2) is 23.6 Å². The highest BCUT2D eigenvalue weighted by Crippen LogP contribution is 2.29. The van der Waals surface area contributed by atoms with Gasteiger partial charge < -0.3 is 0 Å². The Morgan fingerprint density at radius 2 is 2.13 bits per heavy atom. The van der Waals surface area contributed by atoms with Crippen molar-refractivity contribution in [2.75, 3.05) is 0 Å². The monoisotopic (exact) mass is 355 g/mol. The van der Waals surface area contributed by atoms with E-state index in [1.807, 2.05) is 19.9 Å². The first-order chi connectivity index (χ1) is 10.7. The lowest BCUT2D eigenvalue weighted by Crippen LogP contribution is -2.36. The fraction of sp³-hybridized carbons (Fsp3) is 0.400. The summed E-state index contributed by atoms with van der Waals surface area (Å²) < 4.78 is 30.7. The van der Waals surface area contributed by atoms with Gasteiger partial charge in [0.05, 0.1) is 11.0 Å². The molecule has 0 spiro atoms. The molecule has 1 aliphatic heterocycles. The average Bonchev–Trinajstić information content (AvgIpc) is 2.61. The van der Waals surface area contributed by atoms with Gasteiger partial charge in [0.15, 0.2) is 0 Å². The Hall–Kier alpha value is -1.57. The number of imidazole rings is 1. The molecule has 0 fully saturated rings. The molecule has 0 saturated carbocycles. The summed E-state index contributed by atoms with van der Waals surface area (Å²) in [6.07, 6.45) is 1.92. The topological polar surface area (TPSA) is 73.1 Å². The van der Waals surface area contributed by atoms with Gasteiger partial charge in [0.2, 0.25) is 10.0 Å². The van der Waals surface area contributed by atoms with Crippen LogP contribution < -0.4 is 10.4 Å². The third-order valence-corrected chi connectivity index (χ3v) is 5.65. The summed E-state index contributed by atoms with van der Waals surface area (Å²) in [5, 5.41) is 0.288. The molecule has 6 nitrogen and oxygen atoms in total. The first-order valence-electron chi connectivity index (χ1n) is 7.29. The average molecular weight is 356 g/mol. The van der Waals surface area contributed by atoms with E-state index in [0.717, 1.165) is 5.57 Å². The first kappa shape index (κ1) is 16.3. The Labute approximate surface area is 139 Å². The smallest absolute Gasteiger partial charge is 0.289 e. The molecular weight excluding hydrogens is 338 g/mol. The van der Waals surface area contributed by atoms with Crippen LogP contribution in [-0.2, 0) is 23.1 Å². The molecule has 1 atom stereocenters. The second kappa shape index (κ2) is 5.51. The summed E-state index contributed by atoms with van der Waals surface area (Å²) in [4.78, 5) is 12.8. The first-order valence-corrected chi connectivity index (χ1v) is 9.15. The van der Waals surface area contributed by atoms with Crippen LogP contribution in [0.2, 0.25) is 5.02 Å². The lowest BCUT2D eigenvalue weighted by Gasteiger charge is -2.10. The van der Waals surface area contributed by atoms with Gasteiger partial charge in [-0.05, 0) is 32.9 Å². The normalized spacial score (nSPS) is 19.6. The maximum Gasteiger partial charge on any atom is 0.329 e. The van der Waals surface area contributed by atoms with Crippen molar-refractivity contribution in [2.45, 2.75) is 44.8 Å². The standard InChI is InChI=1S/C15H18ClN3O3S/c1-9(2)4-5-18-12-6-11(16)7-13-14(12)19(15(18)20)8-10(3)17-23(13,21)22/h4,6-7,10,17H,5,8H2,1-3H3. The fourth-order valence-corrected chi connectivity index (χ4v) is 4.61. The molecule has 1 N–H and O–H groups in total. The minimum Gasteiger partial charge on any atom is -0.289 e. The predicted octanol–water partition coefficient (Wildman–Crippen LogP) is 2.10. The van der Waals surface area contributed by atoms with Gasteiger partial charge in [0.1, 0.15) is 4.90 Å². The molecule has 1 aliphatic rings. The van der Waals surface area contributed by atoms with Gasteiger partial charge in [0.25, 0.3) is 0 Å². The quantitative estimate of drug-likeness (QED) is 0.838. The zero-order valence-corrected chi connectivity index (χ0v) is 14.7. The van der Waals surface area contributed by atoms with E-state index < -0.39 is 10.0 Å². The molecule has 0 saturated heterocycles. The predicted molar refractivity (Wildman–Crippen MR) is 90.4 cm³/mol. The molecule has 0 radical (unpaired) electrons. The minimum absolute atomic E-state index is 0.0531. The number of rotatable bonds is 2. The molecule has 2 aromatic rings. The van der Waals surface area contributed by atoms with Crippen LogP contribution in [0.1, 0.15) is 20.8 Å². The van der Waals surface area contributed by atoms with Gasteiger partial charge in [-0.1, -0.05) is 23.3 Å². The number of hydrogen-bond acceptors (Lipinski definition) is 3. The highest BCUT2D eigenvalue weighted by molar-refractivity contribution is 7.89. The van der Waals surface area contributed by atoms with Crippen LogP contribution >= 0.6 is 11.6 Å². The summed E-state index contributed by atoms with van der Waals surface area (Å²) in [6, 6.07) is 2.65. The van der Waals surface area contributed by atoms with Gasteiger partial charge in [-0.3, -0.25) is 9.13 Å². The highest BCUT2D eigenvalue weighted by atomic mass is 35.5. The van der Waals surface area contributed by atoms with Crippen molar-refractivity contribution in [3.8, 4) is 0 Å². The van der Waals surface area contributed by atoms with Crippen molar-refractivity contribution in [1.82, 2.24) is 13.9 Å². The van der Waals surface area contributed by atoms with E-state index >= 15 is 0 Å². The third-order valence-electron chi connectivity index (χ3n) is 3.83.